The van der Waals surface area contributed by atoms with Crippen molar-refractivity contribution in [2.24, 2.45) is 0 Å². The largest absolute Gasteiger partial charge is 0.226 e. The molecule has 0 N–H and O–H groups in total. The van der Waals surface area contributed by atoms with E-state index in [0.717, 1.165) is 10.8 Å². The number of hydrogen-bond donors (Lipinski definition) is 0. The molecule has 1 aromatic heterocycles. The quantitative estimate of drug-likeness (QED) is 0.371. The third-order valence-electron chi connectivity index (χ3n) is 4.17. The van der Waals surface area contributed by atoms with Crippen LogP contribution < -0.4 is 0 Å². The van der Waals surface area contributed by atoms with Crippen molar-refractivity contribution in [1.82, 2.24) is 15.0 Å². The van der Waals surface area contributed by atoms with E-state index in [2.05, 4.69) is 15.0 Å². The van der Waals surface area contributed by atoms with Crippen molar-refractivity contribution in [1.29, 1.82) is 0 Å². The molecule has 3 nitrogen and oxygen atoms in total. The Kier molecular flexibility index (Phi) is 2.42. The third kappa shape index (κ3) is 2.82. The number of fused-ring (bicyclic) bond motifs is 2. The Morgan fingerprint density at radius 1 is 0.630 bits per heavy atom. The van der Waals surface area contributed by atoms with Gasteiger partial charge in [0.25, 0.3) is 0 Å². The third-order valence-corrected chi connectivity index (χ3v) is 4.34. The zero-order valence-corrected chi connectivity index (χ0v) is 14.5. The highest BCUT2D eigenvalue weighted by Crippen LogP contribution is 2.30. The lowest BCUT2D eigenvalue weighted by atomic mass is 10.0. The van der Waals surface area contributed by atoms with Crippen LogP contribution in [0.4, 0.5) is 0 Å². The molecule has 128 valence electrons. The fourth-order valence-electron chi connectivity index (χ4n) is 2.98. The Bertz CT molecular complexity index is 1640. The Hall–Kier alpha value is -3.30. The number of rotatable bonds is 2. The zero-order chi connectivity index (χ0) is 24.3. The van der Waals surface area contributed by atoms with Gasteiger partial charge in [-0.05, 0) is 33.1 Å². The van der Waals surface area contributed by atoms with Crippen LogP contribution in [0.5, 0.6) is 0 Å². The Morgan fingerprint density at radius 3 is 2.30 bits per heavy atom. The molecule has 27 heavy (non-hydrogen) atoms. The lowest BCUT2D eigenvalue weighted by Gasteiger charge is -2.09. The normalized spacial score (nSPS) is 14.8. The molecule has 0 aliphatic rings. The minimum absolute atomic E-state index is 0.103. The van der Waals surface area contributed by atoms with Crippen molar-refractivity contribution in [2.75, 3.05) is 0 Å². The van der Waals surface area contributed by atoms with E-state index >= 15 is 0 Å². The van der Waals surface area contributed by atoms with E-state index in [4.69, 9.17) is 21.2 Å². The van der Waals surface area contributed by atoms with Gasteiger partial charge in [0.05, 0.1) is 9.60 Å². The van der Waals surface area contributed by atoms with E-state index in [1.807, 2.05) is 42.5 Å². The average molecular weight is 375 g/mol. The first-order valence-corrected chi connectivity index (χ1v) is 8.48. The molecule has 0 saturated carbocycles. The molecule has 5 rings (SSSR count). The molecule has 0 fully saturated rings. The second kappa shape index (κ2) is 6.45. The number of halogens is 1. The summed E-state index contributed by atoms with van der Waals surface area (Å²) in [6.45, 7) is 0. The Labute approximate surface area is 171 Å². The first kappa shape index (κ1) is 10.1. The van der Waals surface area contributed by atoms with Crippen molar-refractivity contribution in [3.63, 3.8) is 0 Å². The molecule has 0 bridgehead atoms. The summed E-state index contributed by atoms with van der Waals surface area (Å²) in [6.07, 6.45) is 0. The summed E-state index contributed by atoms with van der Waals surface area (Å²) in [5.74, 6) is 0.0955. The van der Waals surface area contributed by atoms with Crippen LogP contribution in [0.25, 0.3) is 44.3 Å². The highest BCUT2D eigenvalue weighted by molar-refractivity contribution is 6.28. The maximum Gasteiger partial charge on any atom is 0.226 e. The van der Waals surface area contributed by atoms with Crippen LogP contribution in [0, 0.1) is 0 Å². The number of hydrogen-bond acceptors (Lipinski definition) is 3. The Balaban J connectivity index is 1.90. The molecule has 4 aromatic carbocycles. The molecule has 4 heteroatoms. The van der Waals surface area contributed by atoms with Gasteiger partial charge in [0.15, 0.2) is 11.6 Å². The summed E-state index contributed by atoms with van der Waals surface area (Å²) < 4.78 is 57.8. The number of benzene rings is 4. The molecular weight excluding hydrogens is 354 g/mol. The fraction of sp³-hybridized carbons (Fsp3) is 0. The van der Waals surface area contributed by atoms with Crippen LogP contribution >= 0.6 is 11.6 Å². The van der Waals surface area contributed by atoms with Crippen molar-refractivity contribution in [2.45, 2.75) is 0 Å². The van der Waals surface area contributed by atoms with Gasteiger partial charge in [0, 0.05) is 11.1 Å². The first-order chi connectivity index (χ1) is 16.2. The van der Waals surface area contributed by atoms with E-state index in [9.17, 15) is 0 Å². The smallest absolute Gasteiger partial charge is 0.208 e. The standard InChI is InChI=1S/C23H14ClN3/c24-23-26-21(19-13-5-9-15-7-1-3-11-17(15)19)25-22(27-23)20-14-6-10-16-8-2-4-12-18(16)20/h1-14H/i1D,3D,5D,7D,9D,11D,13D. The minimum Gasteiger partial charge on any atom is -0.208 e. The molecule has 0 saturated heterocycles. The van der Waals surface area contributed by atoms with E-state index in [1.165, 1.54) is 0 Å². The predicted molar refractivity (Wildman–Crippen MR) is 111 cm³/mol. The summed E-state index contributed by atoms with van der Waals surface area (Å²) in [5, 5.41) is 1.35. The molecule has 0 spiro atoms. The van der Waals surface area contributed by atoms with Gasteiger partial charge in [-0.1, -0.05) is 84.8 Å². The molecule has 0 radical (unpaired) electrons. The van der Waals surface area contributed by atoms with Crippen molar-refractivity contribution in [3.05, 3.63) is 90.0 Å². The first-order valence-electron chi connectivity index (χ1n) is 11.6. The predicted octanol–water partition coefficient (Wildman–Crippen LogP) is 6.17. The van der Waals surface area contributed by atoms with Crippen LogP contribution in [-0.4, -0.2) is 15.0 Å². The van der Waals surface area contributed by atoms with Crippen LogP contribution in [0.3, 0.4) is 0 Å². The van der Waals surface area contributed by atoms with E-state index in [0.29, 0.717) is 5.56 Å². The topological polar surface area (TPSA) is 38.7 Å². The summed E-state index contributed by atoms with van der Waals surface area (Å²) in [5.41, 5.74) is 0.554. The summed E-state index contributed by atoms with van der Waals surface area (Å²) in [7, 11) is 0. The van der Waals surface area contributed by atoms with Gasteiger partial charge in [-0.15, -0.1) is 0 Å². The summed E-state index contributed by atoms with van der Waals surface area (Å²) >= 11 is 6.24. The molecule has 1 heterocycles. The van der Waals surface area contributed by atoms with Crippen LogP contribution in [0.2, 0.25) is 5.28 Å². The van der Waals surface area contributed by atoms with Crippen LogP contribution in [0.15, 0.2) is 84.8 Å². The van der Waals surface area contributed by atoms with Crippen molar-refractivity contribution < 1.29 is 9.60 Å². The number of nitrogens with zero attached hydrogens (tertiary/aromatic N) is 3. The maximum absolute atomic E-state index is 8.52. The summed E-state index contributed by atoms with van der Waals surface area (Å²) in [6, 6.07) is 9.84. The zero-order valence-electron chi connectivity index (χ0n) is 20.8. The monoisotopic (exact) mass is 374 g/mol. The number of aromatic nitrogens is 3. The van der Waals surface area contributed by atoms with Crippen molar-refractivity contribution >= 4 is 33.1 Å². The van der Waals surface area contributed by atoms with Gasteiger partial charge in [0.1, 0.15) is 0 Å². The highest BCUT2D eigenvalue weighted by Gasteiger charge is 2.13. The van der Waals surface area contributed by atoms with Crippen molar-refractivity contribution in [3.8, 4) is 22.8 Å². The van der Waals surface area contributed by atoms with Crippen LogP contribution in [0.1, 0.15) is 9.60 Å². The highest BCUT2D eigenvalue weighted by atomic mass is 35.5. The van der Waals surface area contributed by atoms with Gasteiger partial charge >= 0.3 is 0 Å². The second-order valence-electron chi connectivity index (χ2n) is 5.78. The summed E-state index contributed by atoms with van der Waals surface area (Å²) in [4.78, 5) is 12.9. The van der Waals surface area contributed by atoms with E-state index < -0.39 is 42.3 Å². The molecule has 0 aliphatic carbocycles. The lowest BCUT2D eigenvalue weighted by Crippen LogP contribution is -1.98. The second-order valence-corrected chi connectivity index (χ2v) is 6.12. The van der Waals surface area contributed by atoms with Gasteiger partial charge in [-0.3, -0.25) is 0 Å². The average Bonchev–Trinajstić information content (AvgIpc) is 2.83. The lowest BCUT2D eigenvalue weighted by molar-refractivity contribution is 1.07. The van der Waals surface area contributed by atoms with E-state index in [-0.39, 0.29) is 33.3 Å². The fourth-order valence-corrected chi connectivity index (χ4v) is 3.14. The van der Waals surface area contributed by atoms with E-state index in [1.54, 1.807) is 0 Å². The molecule has 0 unspecified atom stereocenters. The van der Waals surface area contributed by atoms with Gasteiger partial charge < -0.3 is 0 Å². The molecule has 5 aromatic rings. The van der Waals surface area contributed by atoms with Gasteiger partial charge in [-0.25, -0.2) is 4.98 Å². The maximum atomic E-state index is 8.52. The Morgan fingerprint density at radius 2 is 1.37 bits per heavy atom. The van der Waals surface area contributed by atoms with Gasteiger partial charge in [-0.2, -0.15) is 9.97 Å². The molecular formula is C23H14ClN3. The van der Waals surface area contributed by atoms with Gasteiger partial charge in [0.2, 0.25) is 5.28 Å². The minimum atomic E-state index is -0.529. The van der Waals surface area contributed by atoms with Crippen LogP contribution in [-0.2, 0) is 0 Å². The SMILES string of the molecule is [2H]c1c([2H])c([2H])c2c(-c3nc(Cl)nc(-c4cccc5ccccc45)n3)c([2H])c([2H])c([2H])c2c1[2H]. The molecule has 0 atom stereocenters. The molecule has 0 amide bonds. The molecule has 0 aliphatic heterocycles.